The summed E-state index contributed by atoms with van der Waals surface area (Å²) in [6.45, 7) is 4.21. The molecule has 3 N–H and O–H groups in total. The van der Waals surface area contributed by atoms with E-state index >= 15 is 0 Å². The summed E-state index contributed by atoms with van der Waals surface area (Å²) in [7, 11) is -1.62. The molecule has 0 fully saturated rings. The number of amides is 1. The van der Waals surface area contributed by atoms with Crippen LogP contribution in [0, 0.1) is 5.82 Å². The van der Waals surface area contributed by atoms with E-state index in [4.69, 9.17) is 5.73 Å². The van der Waals surface area contributed by atoms with Crippen LogP contribution >= 0.6 is 0 Å². The second-order valence-corrected chi connectivity index (χ2v) is 6.43. The molecule has 0 saturated heterocycles. The van der Waals surface area contributed by atoms with Gasteiger partial charge in [0.1, 0.15) is 11.1 Å². The SMILES string of the molecule is CCCCCNC(=O)C(C)S(=O)c1cc(N)cc(F)c1. The van der Waals surface area contributed by atoms with Crippen LogP contribution in [0.5, 0.6) is 0 Å². The van der Waals surface area contributed by atoms with E-state index in [2.05, 4.69) is 12.2 Å². The zero-order valence-corrected chi connectivity index (χ0v) is 12.6. The first-order valence-electron chi connectivity index (χ1n) is 6.70. The van der Waals surface area contributed by atoms with E-state index < -0.39 is 21.9 Å². The molecule has 0 heterocycles. The third-order valence-electron chi connectivity index (χ3n) is 2.90. The molecule has 0 aliphatic rings. The predicted molar refractivity (Wildman–Crippen MR) is 79.2 cm³/mol. The number of anilines is 1. The molecule has 6 heteroatoms. The maximum Gasteiger partial charge on any atom is 0.235 e. The molecular formula is C14H21FN2O2S. The van der Waals surface area contributed by atoms with Crippen LogP contribution in [0.4, 0.5) is 10.1 Å². The number of benzene rings is 1. The van der Waals surface area contributed by atoms with Gasteiger partial charge in [-0.25, -0.2) is 4.39 Å². The molecule has 1 aromatic carbocycles. The van der Waals surface area contributed by atoms with Gasteiger partial charge in [0.2, 0.25) is 5.91 Å². The average molecular weight is 300 g/mol. The molecule has 0 saturated carbocycles. The fourth-order valence-electron chi connectivity index (χ4n) is 1.73. The average Bonchev–Trinajstić information content (AvgIpc) is 2.40. The summed E-state index contributed by atoms with van der Waals surface area (Å²) in [4.78, 5) is 12.1. The lowest BCUT2D eigenvalue weighted by Crippen LogP contribution is -2.36. The van der Waals surface area contributed by atoms with Crippen LogP contribution in [0.25, 0.3) is 0 Å². The molecule has 4 nitrogen and oxygen atoms in total. The van der Waals surface area contributed by atoms with Gasteiger partial charge in [0, 0.05) is 17.1 Å². The number of carbonyl (C=O) groups excluding carboxylic acids is 1. The Bertz CT molecular complexity index is 474. The van der Waals surface area contributed by atoms with Crippen molar-refractivity contribution in [3.63, 3.8) is 0 Å². The van der Waals surface area contributed by atoms with Gasteiger partial charge in [-0.3, -0.25) is 9.00 Å². The minimum absolute atomic E-state index is 0.198. The molecule has 0 radical (unpaired) electrons. The van der Waals surface area contributed by atoms with Gasteiger partial charge in [-0.2, -0.15) is 0 Å². The monoisotopic (exact) mass is 300 g/mol. The number of rotatable bonds is 7. The number of nitrogens with one attached hydrogen (secondary N) is 1. The predicted octanol–water partition coefficient (Wildman–Crippen LogP) is 2.21. The Morgan fingerprint density at radius 3 is 2.70 bits per heavy atom. The Kier molecular flexibility index (Phi) is 6.64. The standard InChI is InChI=1S/C14H21FN2O2S/c1-3-4-5-6-17-14(18)10(2)20(19)13-8-11(15)7-12(16)9-13/h7-10H,3-6,16H2,1-2H3,(H,17,18). The van der Waals surface area contributed by atoms with Crippen molar-refractivity contribution in [3.05, 3.63) is 24.0 Å². The van der Waals surface area contributed by atoms with Gasteiger partial charge in [-0.05, 0) is 31.5 Å². The molecule has 1 aromatic rings. The zero-order valence-electron chi connectivity index (χ0n) is 11.8. The Balaban J connectivity index is 2.63. The maximum absolute atomic E-state index is 13.2. The first-order valence-corrected chi connectivity index (χ1v) is 7.91. The Hall–Kier alpha value is -1.43. The highest BCUT2D eigenvalue weighted by molar-refractivity contribution is 7.86. The van der Waals surface area contributed by atoms with E-state index in [0.29, 0.717) is 6.54 Å². The minimum Gasteiger partial charge on any atom is -0.399 e. The number of hydrogen-bond donors (Lipinski definition) is 2. The van der Waals surface area contributed by atoms with Crippen molar-refractivity contribution >= 4 is 22.4 Å². The van der Waals surface area contributed by atoms with E-state index in [9.17, 15) is 13.4 Å². The normalized spacial score (nSPS) is 13.8. The molecule has 112 valence electrons. The molecule has 2 unspecified atom stereocenters. The zero-order chi connectivity index (χ0) is 15.1. The largest absolute Gasteiger partial charge is 0.399 e. The van der Waals surface area contributed by atoms with Gasteiger partial charge >= 0.3 is 0 Å². The lowest BCUT2D eigenvalue weighted by Gasteiger charge is -2.12. The van der Waals surface area contributed by atoms with Crippen LogP contribution < -0.4 is 11.1 Å². The molecular weight excluding hydrogens is 279 g/mol. The number of carbonyl (C=O) groups is 1. The Morgan fingerprint density at radius 2 is 2.10 bits per heavy atom. The molecule has 1 rings (SSSR count). The summed E-state index contributed by atoms with van der Waals surface area (Å²) in [5, 5.41) is 2.00. The third kappa shape index (κ3) is 4.92. The van der Waals surface area contributed by atoms with Crippen LogP contribution in [0.3, 0.4) is 0 Å². The van der Waals surface area contributed by atoms with E-state index in [0.717, 1.165) is 31.4 Å². The molecule has 0 aliphatic heterocycles. The quantitative estimate of drug-likeness (QED) is 0.599. The summed E-state index contributed by atoms with van der Waals surface area (Å²) < 4.78 is 25.4. The lowest BCUT2D eigenvalue weighted by atomic mass is 10.2. The van der Waals surface area contributed by atoms with Crippen LogP contribution in [-0.2, 0) is 15.6 Å². The van der Waals surface area contributed by atoms with Gasteiger partial charge in [-0.15, -0.1) is 0 Å². The van der Waals surface area contributed by atoms with Crippen LogP contribution in [0.2, 0.25) is 0 Å². The number of halogens is 1. The van der Waals surface area contributed by atoms with Crippen molar-refractivity contribution in [1.82, 2.24) is 5.32 Å². The van der Waals surface area contributed by atoms with E-state index in [1.807, 2.05) is 0 Å². The highest BCUT2D eigenvalue weighted by Gasteiger charge is 2.21. The fourth-order valence-corrected chi connectivity index (χ4v) is 2.90. The molecule has 0 bridgehead atoms. The molecule has 0 aromatic heterocycles. The maximum atomic E-state index is 13.2. The second-order valence-electron chi connectivity index (χ2n) is 4.66. The molecule has 0 spiro atoms. The van der Waals surface area contributed by atoms with Crippen molar-refractivity contribution in [2.24, 2.45) is 0 Å². The van der Waals surface area contributed by atoms with Gasteiger partial charge < -0.3 is 11.1 Å². The topological polar surface area (TPSA) is 72.2 Å². The smallest absolute Gasteiger partial charge is 0.235 e. The third-order valence-corrected chi connectivity index (χ3v) is 4.45. The fraction of sp³-hybridized carbons (Fsp3) is 0.500. The van der Waals surface area contributed by atoms with Crippen molar-refractivity contribution < 1.29 is 13.4 Å². The van der Waals surface area contributed by atoms with Crippen LogP contribution in [-0.4, -0.2) is 21.9 Å². The number of hydrogen-bond acceptors (Lipinski definition) is 3. The van der Waals surface area contributed by atoms with E-state index in [1.54, 1.807) is 6.92 Å². The van der Waals surface area contributed by atoms with Crippen LogP contribution in [0.1, 0.15) is 33.1 Å². The van der Waals surface area contributed by atoms with E-state index in [1.165, 1.54) is 6.07 Å². The van der Waals surface area contributed by atoms with Gasteiger partial charge in [0.15, 0.2) is 0 Å². The summed E-state index contributed by atoms with van der Waals surface area (Å²) in [6, 6.07) is 3.73. The highest BCUT2D eigenvalue weighted by Crippen LogP contribution is 2.17. The highest BCUT2D eigenvalue weighted by atomic mass is 32.2. The van der Waals surface area contributed by atoms with Crippen molar-refractivity contribution in [3.8, 4) is 0 Å². The number of nitrogen functional groups attached to an aromatic ring is 1. The van der Waals surface area contributed by atoms with Crippen molar-refractivity contribution in [1.29, 1.82) is 0 Å². The first kappa shape index (κ1) is 16.6. The van der Waals surface area contributed by atoms with Gasteiger partial charge in [0.05, 0.1) is 10.8 Å². The molecule has 0 aliphatic carbocycles. The molecule has 2 atom stereocenters. The van der Waals surface area contributed by atoms with Gasteiger partial charge in [0.25, 0.3) is 0 Å². The summed E-state index contributed by atoms with van der Waals surface area (Å²) in [5.41, 5.74) is 5.71. The number of nitrogens with two attached hydrogens (primary N) is 1. The number of unbranched alkanes of at least 4 members (excludes halogenated alkanes) is 2. The van der Waals surface area contributed by atoms with Crippen LogP contribution in [0.15, 0.2) is 23.1 Å². The summed E-state index contributed by atoms with van der Waals surface area (Å²) in [6.07, 6.45) is 3.01. The van der Waals surface area contributed by atoms with Crippen molar-refractivity contribution in [2.45, 2.75) is 43.3 Å². The van der Waals surface area contributed by atoms with Crippen molar-refractivity contribution in [2.75, 3.05) is 12.3 Å². The molecule has 20 heavy (non-hydrogen) atoms. The summed E-state index contributed by atoms with van der Waals surface area (Å²) >= 11 is 0. The molecule has 1 amide bonds. The summed E-state index contributed by atoms with van der Waals surface area (Å²) in [5.74, 6) is -0.842. The Morgan fingerprint density at radius 1 is 1.40 bits per heavy atom. The van der Waals surface area contributed by atoms with Gasteiger partial charge in [-0.1, -0.05) is 19.8 Å². The van der Waals surface area contributed by atoms with E-state index in [-0.39, 0.29) is 16.5 Å². The minimum atomic E-state index is -1.62. The Labute approximate surface area is 121 Å². The lowest BCUT2D eigenvalue weighted by molar-refractivity contribution is -0.120. The second kappa shape index (κ2) is 7.99. The first-order chi connectivity index (χ1) is 9.45.